The van der Waals surface area contributed by atoms with E-state index in [-0.39, 0.29) is 0 Å². The number of aromatic nitrogens is 3. The second-order valence-corrected chi connectivity index (χ2v) is 7.50. The van der Waals surface area contributed by atoms with Gasteiger partial charge < -0.3 is 19.8 Å². The molecule has 162 valence electrons. The van der Waals surface area contributed by atoms with E-state index in [9.17, 15) is 0 Å². The number of pyridine rings is 1. The number of nitrogens with one attached hydrogen (secondary N) is 2. The molecule has 1 aliphatic rings. The van der Waals surface area contributed by atoms with E-state index in [4.69, 9.17) is 9.47 Å². The molecule has 0 bridgehead atoms. The first kappa shape index (κ1) is 20.8. The van der Waals surface area contributed by atoms with Crippen LogP contribution in [0.2, 0.25) is 0 Å². The summed E-state index contributed by atoms with van der Waals surface area (Å²) in [5, 5.41) is 1.93. The van der Waals surface area contributed by atoms with Gasteiger partial charge in [0, 0.05) is 18.2 Å². The Morgan fingerprint density at radius 1 is 1.10 bits per heavy atom. The summed E-state index contributed by atoms with van der Waals surface area (Å²) in [6.45, 7) is 2.24. The van der Waals surface area contributed by atoms with Crippen molar-refractivity contribution in [3.05, 3.63) is 54.4 Å². The zero-order chi connectivity index (χ0) is 21.6. The van der Waals surface area contributed by atoms with E-state index in [1.807, 2.05) is 29.3 Å². The highest BCUT2D eigenvalue weighted by Gasteiger charge is 2.21. The lowest BCUT2D eigenvalue weighted by molar-refractivity contribution is 0.280. The molecule has 3 heterocycles. The maximum Gasteiger partial charge on any atom is 0.215 e. The van der Waals surface area contributed by atoms with Gasteiger partial charge in [-0.3, -0.25) is 5.01 Å². The Balaban J connectivity index is 1.41. The third-order valence-electron chi connectivity index (χ3n) is 4.81. The summed E-state index contributed by atoms with van der Waals surface area (Å²) in [5.74, 6) is 2.70. The minimum absolute atomic E-state index is 0.570. The average molecular weight is 422 g/mol. The number of hydrogen-bond acceptors (Lipinski definition) is 9. The van der Waals surface area contributed by atoms with E-state index in [1.165, 1.54) is 0 Å². The number of methoxy groups -OCH3 is 1. The number of rotatable bonds is 9. The van der Waals surface area contributed by atoms with Gasteiger partial charge in [-0.25, -0.2) is 9.97 Å². The van der Waals surface area contributed by atoms with Crippen LogP contribution in [0, 0.1) is 0 Å². The van der Waals surface area contributed by atoms with Crippen LogP contribution in [-0.2, 0) is 6.54 Å². The van der Waals surface area contributed by atoms with Gasteiger partial charge in [-0.05, 0) is 38.2 Å². The van der Waals surface area contributed by atoms with Crippen molar-refractivity contribution in [2.75, 3.05) is 44.8 Å². The van der Waals surface area contributed by atoms with Gasteiger partial charge in [0.1, 0.15) is 0 Å². The van der Waals surface area contributed by atoms with Crippen molar-refractivity contribution in [2.24, 2.45) is 0 Å². The average Bonchev–Trinajstić information content (AvgIpc) is 3.19. The van der Waals surface area contributed by atoms with Gasteiger partial charge >= 0.3 is 0 Å². The van der Waals surface area contributed by atoms with E-state index in [2.05, 4.69) is 57.0 Å². The molecule has 9 nitrogen and oxygen atoms in total. The topological polar surface area (TPSA) is 87.7 Å². The predicted molar refractivity (Wildman–Crippen MR) is 120 cm³/mol. The molecule has 1 aromatic carbocycles. The molecule has 0 unspecified atom stereocenters. The maximum atomic E-state index is 5.72. The quantitative estimate of drug-likeness (QED) is 0.506. The first-order valence-electron chi connectivity index (χ1n) is 10.2. The van der Waals surface area contributed by atoms with E-state index >= 15 is 0 Å². The molecule has 0 saturated carbocycles. The number of ether oxygens (including phenoxy) is 2. The van der Waals surface area contributed by atoms with Crippen LogP contribution in [0.5, 0.6) is 11.6 Å². The molecule has 9 heteroatoms. The predicted octanol–water partition coefficient (Wildman–Crippen LogP) is 2.73. The van der Waals surface area contributed by atoms with E-state index in [0.29, 0.717) is 30.6 Å². The third-order valence-corrected chi connectivity index (χ3v) is 4.81. The van der Waals surface area contributed by atoms with E-state index in [1.54, 1.807) is 19.5 Å². The highest BCUT2D eigenvalue weighted by atomic mass is 16.5. The lowest BCUT2D eigenvalue weighted by Crippen LogP contribution is -2.35. The smallest absolute Gasteiger partial charge is 0.215 e. The van der Waals surface area contributed by atoms with Gasteiger partial charge in [0.2, 0.25) is 5.88 Å². The van der Waals surface area contributed by atoms with Crippen LogP contribution in [0.4, 0.5) is 11.5 Å². The van der Waals surface area contributed by atoms with Crippen LogP contribution < -0.4 is 25.4 Å². The Kier molecular flexibility index (Phi) is 6.44. The van der Waals surface area contributed by atoms with E-state index in [0.717, 1.165) is 35.6 Å². The number of fused-ring (bicyclic) bond motifs is 1. The lowest BCUT2D eigenvalue weighted by Gasteiger charge is -2.17. The van der Waals surface area contributed by atoms with Gasteiger partial charge in [-0.15, -0.1) is 5.53 Å². The molecule has 31 heavy (non-hydrogen) atoms. The van der Waals surface area contributed by atoms with E-state index < -0.39 is 0 Å². The Morgan fingerprint density at radius 3 is 2.71 bits per heavy atom. The summed E-state index contributed by atoms with van der Waals surface area (Å²) >= 11 is 0. The first-order valence-corrected chi connectivity index (χ1v) is 10.2. The Morgan fingerprint density at radius 2 is 1.94 bits per heavy atom. The summed E-state index contributed by atoms with van der Waals surface area (Å²) in [4.78, 5) is 15.6. The molecule has 0 aliphatic carbocycles. The number of anilines is 2. The van der Waals surface area contributed by atoms with Crippen LogP contribution in [-0.4, -0.2) is 54.2 Å². The van der Waals surface area contributed by atoms with Crippen LogP contribution in [0.25, 0.3) is 11.4 Å². The number of hydrogen-bond donors (Lipinski definition) is 2. The van der Waals surface area contributed by atoms with Gasteiger partial charge in [0.05, 0.1) is 38.3 Å². The Hall–Kier alpha value is -3.43. The van der Waals surface area contributed by atoms with Crippen LogP contribution in [0.3, 0.4) is 0 Å². The fourth-order valence-corrected chi connectivity index (χ4v) is 3.25. The number of hydrazine groups is 2. The normalized spacial score (nSPS) is 12.6. The standard InChI is InChI=1S/C22H27N7O2/c1-28(2)10-5-11-31-18-13-23-21(24-14-18)17-7-4-6-16(12-17)15-29-22-19(26-27-29)8-9-20(25-22)30-3/h4,6-9,12-14,26-27H,5,10-11,15H2,1-3H3. The molecular formula is C22H27N7O2. The Bertz CT molecular complexity index is 1010. The number of benzene rings is 1. The molecular weight excluding hydrogens is 394 g/mol. The monoisotopic (exact) mass is 421 g/mol. The van der Waals surface area contributed by atoms with Crippen LogP contribution in [0.1, 0.15) is 12.0 Å². The molecule has 0 fully saturated rings. The van der Waals surface area contributed by atoms with Crippen molar-refractivity contribution in [3.8, 4) is 23.0 Å². The highest BCUT2D eigenvalue weighted by molar-refractivity contribution is 5.69. The van der Waals surface area contributed by atoms with Crippen molar-refractivity contribution < 1.29 is 9.47 Å². The highest BCUT2D eigenvalue weighted by Crippen LogP contribution is 2.30. The molecule has 0 spiro atoms. The second-order valence-electron chi connectivity index (χ2n) is 7.50. The summed E-state index contributed by atoms with van der Waals surface area (Å²) in [7, 11) is 5.71. The minimum atomic E-state index is 0.570. The SMILES string of the molecule is COc1ccc2c(n1)N(Cc1cccc(-c3ncc(OCCCN(C)C)cn3)c1)NN2. The molecule has 4 rings (SSSR count). The summed E-state index contributed by atoms with van der Waals surface area (Å²) in [5.41, 5.74) is 9.20. The summed E-state index contributed by atoms with van der Waals surface area (Å²) in [6.07, 6.45) is 4.41. The molecule has 1 aliphatic heterocycles. The van der Waals surface area contributed by atoms with Crippen molar-refractivity contribution in [1.82, 2.24) is 25.4 Å². The van der Waals surface area contributed by atoms with Crippen LogP contribution in [0.15, 0.2) is 48.8 Å². The fraction of sp³-hybridized carbons (Fsp3) is 0.318. The Labute approximate surface area is 182 Å². The minimum Gasteiger partial charge on any atom is -0.490 e. The van der Waals surface area contributed by atoms with Gasteiger partial charge in [0.15, 0.2) is 17.4 Å². The van der Waals surface area contributed by atoms with Gasteiger partial charge in [0.25, 0.3) is 0 Å². The largest absolute Gasteiger partial charge is 0.490 e. The van der Waals surface area contributed by atoms with Crippen molar-refractivity contribution in [2.45, 2.75) is 13.0 Å². The lowest BCUT2D eigenvalue weighted by atomic mass is 10.1. The summed E-state index contributed by atoms with van der Waals surface area (Å²) < 4.78 is 11.0. The zero-order valence-electron chi connectivity index (χ0n) is 18.0. The zero-order valence-corrected chi connectivity index (χ0v) is 18.0. The van der Waals surface area contributed by atoms with Gasteiger partial charge in [-0.1, -0.05) is 18.2 Å². The van der Waals surface area contributed by atoms with Gasteiger partial charge in [-0.2, -0.15) is 4.98 Å². The fourth-order valence-electron chi connectivity index (χ4n) is 3.25. The molecule has 2 N–H and O–H groups in total. The molecule has 3 aromatic rings. The van der Waals surface area contributed by atoms with Crippen molar-refractivity contribution in [3.63, 3.8) is 0 Å². The molecule has 2 aromatic heterocycles. The second kappa shape index (κ2) is 9.59. The van der Waals surface area contributed by atoms with Crippen molar-refractivity contribution >= 4 is 11.5 Å². The molecule has 0 radical (unpaired) electrons. The van der Waals surface area contributed by atoms with Crippen molar-refractivity contribution in [1.29, 1.82) is 0 Å². The third kappa shape index (κ3) is 5.19. The maximum absolute atomic E-state index is 5.72. The first-order chi connectivity index (χ1) is 15.1. The van der Waals surface area contributed by atoms with Crippen LogP contribution >= 0.6 is 0 Å². The summed E-state index contributed by atoms with van der Waals surface area (Å²) in [6, 6.07) is 11.9. The molecule has 0 amide bonds. The molecule has 0 saturated heterocycles. The number of nitrogens with zero attached hydrogens (tertiary/aromatic N) is 5. The molecule has 0 atom stereocenters.